The van der Waals surface area contributed by atoms with Gasteiger partial charge in [0.05, 0.1) is 5.92 Å². The third kappa shape index (κ3) is 3.02. The van der Waals surface area contributed by atoms with Crippen LogP contribution in [0.4, 0.5) is 13.2 Å². The van der Waals surface area contributed by atoms with Gasteiger partial charge in [-0.2, -0.15) is 13.2 Å². The zero-order valence-corrected chi connectivity index (χ0v) is 9.93. The minimum Gasteiger partial charge on any atom is -0.171 e. The summed E-state index contributed by atoms with van der Waals surface area (Å²) >= 11 is 0. The first-order valence-electron chi connectivity index (χ1n) is 6.10. The number of hydrogen-bond donors (Lipinski definition) is 0. The molecule has 0 spiro atoms. The van der Waals surface area contributed by atoms with E-state index in [-0.39, 0.29) is 12.8 Å². The first-order valence-corrected chi connectivity index (χ1v) is 6.10. The molecule has 0 aromatic heterocycles. The monoisotopic (exact) mass is 242 g/mol. The van der Waals surface area contributed by atoms with Crippen LogP contribution in [0.5, 0.6) is 0 Å². The third-order valence-electron chi connectivity index (χ3n) is 3.74. The molecule has 0 aliphatic heterocycles. The van der Waals surface area contributed by atoms with Crippen molar-refractivity contribution in [2.75, 3.05) is 0 Å². The van der Waals surface area contributed by atoms with E-state index in [4.69, 9.17) is 0 Å². The lowest BCUT2D eigenvalue weighted by atomic mass is 9.78. The van der Waals surface area contributed by atoms with Crippen molar-refractivity contribution < 1.29 is 13.2 Å². The van der Waals surface area contributed by atoms with Crippen LogP contribution in [-0.2, 0) is 0 Å². The molecule has 2 rings (SSSR count). The number of hydrogen-bond acceptors (Lipinski definition) is 0. The standard InChI is InChI=1S/C14H17F3/c1-10-2-4-11(5-3-10)12-6-8-13(9-7-12)14(15,16)17/h2-5,12-13H,6-9H2,1H3. The van der Waals surface area contributed by atoms with Crippen molar-refractivity contribution in [2.24, 2.45) is 5.92 Å². The molecule has 1 aliphatic rings. The number of rotatable bonds is 1. The Morgan fingerprint density at radius 2 is 1.47 bits per heavy atom. The highest BCUT2D eigenvalue weighted by atomic mass is 19.4. The molecule has 0 amide bonds. The molecule has 0 heterocycles. The minimum absolute atomic E-state index is 0.280. The minimum atomic E-state index is -4.00. The second-order valence-corrected chi connectivity index (χ2v) is 5.00. The second-order valence-electron chi connectivity index (χ2n) is 5.00. The summed E-state index contributed by atoms with van der Waals surface area (Å²) in [6.45, 7) is 2.02. The fraction of sp³-hybridized carbons (Fsp3) is 0.571. The zero-order valence-electron chi connectivity index (χ0n) is 9.93. The number of benzene rings is 1. The van der Waals surface area contributed by atoms with Gasteiger partial charge in [-0.15, -0.1) is 0 Å². The van der Waals surface area contributed by atoms with Gasteiger partial charge < -0.3 is 0 Å². The van der Waals surface area contributed by atoms with Crippen LogP contribution in [0.15, 0.2) is 24.3 Å². The van der Waals surface area contributed by atoms with Gasteiger partial charge in [0, 0.05) is 0 Å². The maximum Gasteiger partial charge on any atom is 0.391 e. The molecular weight excluding hydrogens is 225 g/mol. The van der Waals surface area contributed by atoms with Crippen molar-refractivity contribution in [3.05, 3.63) is 35.4 Å². The van der Waals surface area contributed by atoms with Crippen molar-refractivity contribution in [1.82, 2.24) is 0 Å². The lowest BCUT2D eigenvalue weighted by Crippen LogP contribution is -2.27. The Morgan fingerprint density at radius 1 is 0.941 bits per heavy atom. The molecule has 1 saturated carbocycles. The summed E-state index contributed by atoms with van der Waals surface area (Å²) in [5.74, 6) is -0.765. The average molecular weight is 242 g/mol. The molecule has 0 radical (unpaired) electrons. The van der Waals surface area contributed by atoms with Crippen LogP contribution in [-0.4, -0.2) is 6.18 Å². The summed E-state index contributed by atoms with van der Waals surface area (Å²) in [5.41, 5.74) is 2.38. The fourth-order valence-corrected chi connectivity index (χ4v) is 2.59. The van der Waals surface area contributed by atoms with E-state index in [9.17, 15) is 13.2 Å². The molecular formula is C14H17F3. The Bertz CT molecular complexity index is 356. The Morgan fingerprint density at radius 3 is 1.94 bits per heavy atom. The van der Waals surface area contributed by atoms with Crippen molar-refractivity contribution >= 4 is 0 Å². The molecule has 3 heteroatoms. The molecule has 1 aromatic carbocycles. The van der Waals surface area contributed by atoms with Crippen LogP contribution in [0.3, 0.4) is 0 Å². The lowest BCUT2D eigenvalue weighted by molar-refractivity contribution is -0.182. The quantitative estimate of drug-likeness (QED) is 0.661. The molecule has 0 atom stereocenters. The predicted octanol–water partition coefficient (Wildman–Crippen LogP) is 4.83. The zero-order chi connectivity index (χ0) is 12.5. The molecule has 0 saturated heterocycles. The molecule has 1 fully saturated rings. The van der Waals surface area contributed by atoms with Gasteiger partial charge in [0.1, 0.15) is 0 Å². The van der Waals surface area contributed by atoms with Gasteiger partial charge in [0.15, 0.2) is 0 Å². The summed E-state index contributed by atoms with van der Waals surface area (Å²) < 4.78 is 37.6. The van der Waals surface area contributed by atoms with Gasteiger partial charge in [-0.3, -0.25) is 0 Å². The number of aryl methyl sites for hydroxylation is 1. The van der Waals surface area contributed by atoms with Gasteiger partial charge in [-0.25, -0.2) is 0 Å². The highest BCUT2D eigenvalue weighted by Crippen LogP contribution is 2.42. The summed E-state index contributed by atoms with van der Waals surface area (Å²) in [4.78, 5) is 0. The van der Waals surface area contributed by atoms with Crippen LogP contribution in [0.25, 0.3) is 0 Å². The van der Waals surface area contributed by atoms with E-state index >= 15 is 0 Å². The number of alkyl halides is 3. The second kappa shape index (κ2) is 4.71. The Kier molecular flexibility index (Phi) is 3.45. The average Bonchev–Trinajstić information content (AvgIpc) is 2.29. The van der Waals surface area contributed by atoms with Gasteiger partial charge in [-0.1, -0.05) is 29.8 Å². The molecule has 94 valence electrons. The molecule has 0 N–H and O–H groups in total. The summed E-state index contributed by atoms with van der Waals surface area (Å²) in [5, 5.41) is 0. The van der Waals surface area contributed by atoms with Gasteiger partial charge in [0.2, 0.25) is 0 Å². The van der Waals surface area contributed by atoms with Gasteiger partial charge in [0.25, 0.3) is 0 Å². The molecule has 0 unspecified atom stereocenters. The van der Waals surface area contributed by atoms with E-state index in [2.05, 4.69) is 0 Å². The van der Waals surface area contributed by atoms with E-state index in [0.29, 0.717) is 18.8 Å². The maximum absolute atomic E-state index is 12.5. The van der Waals surface area contributed by atoms with E-state index in [1.54, 1.807) is 0 Å². The van der Waals surface area contributed by atoms with E-state index < -0.39 is 12.1 Å². The van der Waals surface area contributed by atoms with E-state index in [1.807, 2.05) is 31.2 Å². The summed E-state index contributed by atoms with van der Waals surface area (Å²) in [6.07, 6.45) is -2.12. The van der Waals surface area contributed by atoms with Crippen LogP contribution in [0.2, 0.25) is 0 Å². The molecule has 17 heavy (non-hydrogen) atoms. The smallest absolute Gasteiger partial charge is 0.171 e. The van der Waals surface area contributed by atoms with Crippen LogP contribution < -0.4 is 0 Å². The first-order chi connectivity index (χ1) is 7.97. The van der Waals surface area contributed by atoms with Gasteiger partial charge >= 0.3 is 6.18 Å². The van der Waals surface area contributed by atoms with Crippen LogP contribution in [0.1, 0.15) is 42.7 Å². The highest BCUT2D eigenvalue weighted by molar-refractivity contribution is 5.24. The Hall–Kier alpha value is -0.990. The maximum atomic E-state index is 12.5. The van der Waals surface area contributed by atoms with E-state index in [0.717, 1.165) is 0 Å². The summed E-state index contributed by atoms with van der Waals surface area (Å²) in [7, 11) is 0. The van der Waals surface area contributed by atoms with Gasteiger partial charge in [-0.05, 0) is 44.1 Å². The Balaban J connectivity index is 1.97. The van der Waals surface area contributed by atoms with Crippen molar-refractivity contribution in [2.45, 2.75) is 44.7 Å². The van der Waals surface area contributed by atoms with Crippen molar-refractivity contribution in [3.63, 3.8) is 0 Å². The van der Waals surface area contributed by atoms with Crippen LogP contribution >= 0.6 is 0 Å². The molecule has 1 aromatic rings. The molecule has 0 nitrogen and oxygen atoms in total. The topological polar surface area (TPSA) is 0 Å². The fourth-order valence-electron chi connectivity index (χ4n) is 2.59. The van der Waals surface area contributed by atoms with Crippen molar-refractivity contribution in [1.29, 1.82) is 0 Å². The normalized spacial score (nSPS) is 25.9. The summed E-state index contributed by atoms with van der Waals surface area (Å²) in [6, 6.07) is 8.16. The van der Waals surface area contributed by atoms with E-state index in [1.165, 1.54) is 11.1 Å². The molecule has 1 aliphatic carbocycles. The Labute approximate surface area is 99.8 Å². The number of halogens is 3. The largest absolute Gasteiger partial charge is 0.391 e. The SMILES string of the molecule is Cc1ccc(C2CCC(C(F)(F)F)CC2)cc1. The predicted molar refractivity (Wildman–Crippen MR) is 61.9 cm³/mol. The third-order valence-corrected chi connectivity index (χ3v) is 3.74. The van der Waals surface area contributed by atoms with Crippen molar-refractivity contribution in [3.8, 4) is 0 Å². The molecule has 0 bridgehead atoms. The highest BCUT2D eigenvalue weighted by Gasteiger charge is 2.41. The van der Waals surface area contributed by atoms with Crippen LogP contribution in [0, 0.1) is 12.8 Å². The first kappa shape index (κ1) is 12.5. The lowest BCUT2D eigenvalue weighted by Gasteiger charge is -2.30.